The van der Waals surface area contributed by atoms with E-state index in [1.54, 1.807) is 13.0 Å². The fourth-order valence-corrected chi connectivity index (χ4v) is 0.717. The molecule has 1 rings (SSSR count). The molecule has 0 aromatic rings. The van der Waals surface area contributed by atoms with Crippen molar-refractivity contribution >= 4 is 0 Å². The summed E-state index contributed by atoms with van der Waals surface area (Å²) < 4.78 is 25.0. The second-order valence-electron chi connectivity index (χ2n) is 2.25. The van der Waals surface area contributed by atoms with Crippen LogP contribution >= 0.6 is 0 Å². The lowest BCUT2D eigenvalue weighted by Crippen LogP contribution is -1.87. The lowest BCUT2D eigenvalue weighted by Gasteiger charge is -1.98. The molecule has 0 fully saturated rings. The van der Waals surface area contributed by atoms with Crippen LogP contribution < -0.4 is 0 Å². The van der Waals surface area contributed by atoms with Crippen LogP contribution in [-0.4, -0.2) is 0 Å². The van der Waals surface area contributed by atoms with E-state index < -0.39 is 11.7 Å². The number of hydrogen-bond donors (Lipinski definition) is 0. The Bertz CT molecular complexity index is 211. The van der Waals surface area contributed by atoms with Gasteiger partial charge in [0.25, 0.3) is 0 Å². The van der Waals surface area contributed by atoms with Gasteiger partial charge in [0.15, 0.2) is 0 Å². The topological polar surface area (TPSA) is 0 Å². The molecule has 0 saturated carbocycles. The summed E-state index contributed by atoms with van der Waals surface area (Å²) in [6.45, 7) is 1.68. The van der Waals surface area contributed by atoms with E-state index in [1.165, 1.54) is 12.2 Å². The van der Waals surface area contributed by atoms with Gasteiger partial charge < -0.3 is 0 Å². The standard InChI is InChI=1S/C8H8F2/c1-6-3-2-4-7(9)5-8(6)10/h2-6H,1H3. The SMILES string of the molecule is CC1C=CC=C(F)C=C1F. The van der Waals surface area contributed by atoms with Crippen molar-refractivity contribution in [1.29, 1.82) is 0 Å². The summed E-state index contributed by atoms with van der Waals surface area (Å²) in [4.78, 5) is 0. The summed E-state index contributed by atoms with van der Waals surface area (Å²) in [6.07, 6.45) is 5.27. The molecule has 10 heavy (non-hydrogen) atoms. The zero-order valence-electron chi connectivity index (χ0n) is 5.64. The van der Waals surface area contributed by atoms with Gasteiger partial charge in [-0.15, -0.1) is 0 Å². The fraction of sp³-hybridized carbons (Fsp3) is 0.250. The molecule has 0 spiro atoms. The highest BCUT2D eigenvalue weighted by Crippen LogP contribution is 2.19. The zero-order valence-corrected chi connectivity index (χ0v) is 5.64. The Labute approximate surface area is 58.6 Å². The molecule has 1 aliphatic carbocycles. The van der Waals surface area contributed by atoms with Crippen molar-refractivity contribution in [1.82, 2.24) is 0 Å². The van der Waals surface area contributed by atoms with Gasteiger partial charge in [-0.3, -0.25) is 0 Å². The molecule has 0 nitrogen and oxygen atoms in total. The summed E-state index contributed by atoms with van der Waals surface area (Å²) in [5.74, 6) is -1.26. The Morgan fingerprint density at radius 2 is 2.10 bits per heavy atom. The average molecular weight is 142 g/mol. The molecule has 0 bridgehead atoms. The van der Waals surface area contributed by atoms with E-state index in [1.807, 2.05) is 0 Å². The quantitative estimate of drug-likeness (QED) is 0.487. The van der Waals surface area contributed by atoms with Crippen molar-refractivity contribution in [3.8, 4) is 0 Å². The van der Waals surface area contributed by atoms with Gasteiger partial charge in [-0.25, -0.2) is 8.78 Å². The molecule has 0 N–H and O–H groups in total. The Morgan fingerprint density at radius 3 is 2.80 bits per heavy atom. The van der Waals surface area contributed by atoms with Crippen LogP contribution in [0.2, 0.25) is 0 Å². The van der Waals surface area contributed by atoms with E-state index >= 15 is 0 Å². The summed E-state index contributed by atoms with van der Waals surface area (Å²) in [7, 11) is 0. The predicted molar refractivity (Wildman–Crippen MR) is 36.7 cm³/mol. The van der Waals surface area contributed by atoms with Crippen LogP contribution in [0.3, 0.4) is 0 Å². The van der Waals surface area contributed by atoms with Gasteiger partial charge in [0.05, 0.1) is 0 Å². The Kier molecular flexibility index (Phi) is 2.00. The number of rotatable bonds is 0. The van der Waals surface area contributed by atoms with E-state index in [9.17, 15) is 8.78 Å². The first-order valence-electron chi connectivity index (χ1n) is 3.11. The van der Waals surface area contributed by atoms with E-state index in [0.717, 1.165) is 6.08 Å². The lowest BCUT2D eigenvalue weighted by molar-refractivity contribution is 0.541. The highest BCUT2D eigenvalue weighted by atomic mass is 19.1. The van der Waals surface area contributed by atoms with Crippen LogP contribution in [-0.2, 0) is 0 Å². The van der Waals surface area contributed by atoms with Crippen LogP contribution in [0.25, 0.3) is 0 Å². The maximum Gasteiger partial charge on any atom is 0.125 e. The molecule has 1 atom stereocenters. The molecular weight excluding hydrogens is 134 g/mol. The average Bonchev–Trinajstić information content (AvgIpc) is 1.96. The van der Waals surface area contributed by atoms with Crippen molar-refractivity contribution in [2.45, 2.75) is 6.92 Å². The summed E-state index contributed by atoms with van der Waals surface area (Å²) in [6, 6.07) is 0. The summed E-state index contributed by atoms with van der Waals surface area (Å²) in [5, 5.41) is 0. The van der Waals surface area contributed by atoms with Gasteiger partial charge >= 0.3 is 0 Å². The maximum absolute atomic E-state index is 12.6. The molecule has 54 valence electrons. The molecule has 0 aromatic heterocycles. The van der Waals surface area contributed by atoms with Crippen molar-refractivity contribution in [3.05, 3.63) is 36.0 Å². The van der Waals surface area contributed by atoms with E-state index in [0.29, 0.717) is 0 Å². The maximum atomic E-state index is 12.6. The molecular formula is C8H8F2. The second-order valence-corrected chi connectivity index (χ2v) is 2.25. The minimum atomic E-state index is -0.530. The molecule has 0 saturated heterocycles. The second kappa shape index (κ2) is 2.78. The minimum Gasteiger partial charge on any atom is -0.211 e. The van der Waals surface area contributed by atoms with Gasteiger partial charge in [-0.1, -0.05) is 19.1 Å². The van der Waals surface area contributed by atoms with Crippen LogP contribution in [0.4, 0.5) is 8.78 Å². The zero-order chi connectivity index (χ0) is 7.56. The van der Waals surface area contributed by atoms with Gasteiger partial charge in [-0.05, 0) is 6.08 Å². The van der Waals surface area contributed by atoms with Gasteiger partial charge in [0, 0.05) is 12.0 Å². The molecule has 0 aliphatic heterocycles. The third-order valence-corrected chi connectivity index (χ3v) is 1.37. The van der Waals surface area contributed by atoms with Crippen molar-refractivity contribution in [3.63, 3.8) is 0 Å². The van der Waals surface area contributed by atoms with Crippen LogP contribution in [0.1, 0.15) is 6.92 Å². The Morgan fingerprint density at radius 1 is 1.40 bits per heavy atom. The largest absolute Gasteiger partial charge is 0.211 e. The van der Waals surface area contributed by atoms with Crippen molar-refractivity contribution in [2.24, 2.45) is 5.92 Å². The first kappa shape index (κ1) is 7.19. The predicted octanol–water partition coefficient (Wildman–Crippen LogP) is 2.90. The normalized spacial score (nSPS) is 25.3. The van der Waals surface area contributed by atoms with E-state index in [-0.39, 0.29) is 5.92 Å². The fourth-order valence-electron chi connectivity index (χ4n) is 0.717. The van der Waals surface area contributed by atoms with Gasteiger partial charge in [-0.2, -0.15) is 0 Å². The first-order valence-corrected chi connectivity index (χ1v) is 3.11. The number of hydrogen-bond acceptors (Lipinski definition) is 0. The molecule has 1 unspecified atom stereocenters. The van der Waals surface area contributed by atoms with Crippen LogP contribution in [0, 0.1) is 5.92 Å². The monoisotopic (exact) mass is 142 g/mol. The van der Waals surface area contributed by atoms with Gasteiger partial charge in [0.1, 0.15) is 11.7 Å². The van der Waals surface area contributed by atoms with E-state index in [2.05, 4.69) is 0 Å². The molecule has 2 heteroatoms. The van der Waals surface area contributed by atoms with Gasteiger partial charge in [0.2, 0.25) is 0 Å². The molecule has 1 aliphatic rings. The summed E-state index contributed by atoms with van der Waals surface area (Å²) >= 11 is 0. The minimum absolute atomic E-state index is 0.301. The highest BCUT2D eigenvalue weighted by Gasteiger charge is 2.06. The van der Waals surface area contributed by atoms with Crippen molar-refractivity contribution < 1.29 is 8.78 Å². The number of halogens is 2. The third kappa shape index (κ3) is 1.53. The molecule has 0 heterocycles. The van der Waals surface area contributed by atoms with E-state index in [4.69, 9.17) is 0 Å². The van der Waals surface area contributed by atoms with Crippen molar-refractivity contribution in [2.75, 3.05) is 0 Å². The Hall–Kier alpha value is -0.920. The molecule has 0 radical (unpaired) electrons. The number of allylic oxidation sites excluding steroid dienone is 6. The highest BCUT2D eigenvalue weighted by molar-refractivity contribution is 5.26. The van der Waals surface area contributed by atoms with Crippen LogP contribution in [0.15, 0.2) is 36.0 Å². The summed E-state index contributed by atoms with van der Waals surface area (Å²) in [5.41, 5.74) is 0. The lowest BCUT2D eigenvalue weighted by atomic mass is 10.1. The smallest absolute Gasteiger partial charge is 0.125 e. The molecule has 0 aromatic carbocycles. The molecule has 0 amide bonds. The van der Waals surface area contributed by atoms with Crippen LogP contribution in [0.5, 0.6) is 0 Å². The Balaban J connectivity index is 2.90. The first-order chi connectivity index (χ1) is 4.70. The third-order valence-electron chi connectivity index (χ3n) is 1.37.